The zero-order valence-electron chi connectivity index (χ0n) is 10.3. The van der Waals surface area contributed by atoms with Gasteiger partial charge in [0.2, 0.25) is 0 Å². The molecule has 1 aliphatic rings. The topological polar surface area (TPSA) is 62.2 Å². The smallest absolute Gasteiger partial charge is 0.329 e. The molecule has 0 radical (unpaired) electrons. The highest BCUT2D eigenvalue weighted by atomic mass is 35.5. The molecular weight excluding hydrogens is 272 g/mol. The van der Waals surface area contributed by atoms with Crippen LogP contribution in [0.25, 0.3) is 0 Å². The van der Waals surface area contributed by atoms with Gasteiger partial charge in [-0.3, -0.25) is 0 Å². The Morgan fingerprint density at radius 2 is 2.33 bits per heavy atom. The number of nitrogens with zero attached hydrogens (tertiary/aromatic N) is 1. The molecule has 0 spiro atoms. The van der Waals surface area contributed by atoms with Crippen molar-refractivity contribution >= 4 is 34.0 Å². The Bertz CT molecular complexity index is 427. The first-order valence-electron chi connectivity index (χ1n) is 6.18. The zero-order valence-corrected chi connectivity index (χ0v) is 11.9. The van der Waals surface area contributed by atoms with Gasteiger partial charge in [-0.2, -0.15) is 0 Å². The number of halogens is 1. The maximum absolute atomic E-state index is 11.6. The average Bonchev–Trinajstić information content (AvgIpc) is 2.75. The lowest BCUT2D eigenvalue weighted by Crippen LogP contribution is -2.49. The van der Waals surface area contributed by atoms with Crippen LogP contribution in [0.1, 0.15) is 39.0 Å². The second-order valence-corrected chi connectivity index (χ2v) is 6.08. The maximum atomic E-state index is 11.6. The summed E-state index contributed by atoms with van der Waals surface area (Å²) in [5.41, 5.74) is -0.868. The molecule has 0 unspecified atom stereocenters. The van der Waals surface area contributed by atoms with E-state index in [1.54, 1.807) is 5.38 Å². The molecule has 0 amide bonds. The van der Waals surface area contributed by atoms with Crippen molar-refractivity contribution in [1.82, 2.24) is 4.98 Å². The van der Waals surface area contributed by atoms with Crippen molar-refractivity contribution in [2.75, 3.05) is 5.32 Å². The Balaban J connectivity index is 2.11. The third-order valence-electron chi connectivity index (χ3n) is 3.77. The molecule has 2 N–H and O–H groups in total. The number of carbonyl (C=O) groups is 1. The molecule has 4 nitrogen and oxygen atoms in total. The summed E-state index contributed by atoms with van der Waals surface area (Å²) in [4.78, 5) is 15.6. The van der Waals surface area contributed by atoms with Gasteiger partial charge < -0.3 is 10.4 Å². The van der Waals surface area contributed by atoms with Gasteiger partial charge >= 0.3 is 5.97 Å². The highest BCUT2D eigenvalue weighted by molar-refractivity contribution is 7.14. The quantitative estimate of drug-likeness (QED) is 0.888. The number of thiazole rings is 1. The lowest BCUT2D eigenvalue weighted by Gasteiger charge is -2.37. The fourth-order valence-electron chi connectivity index (χ4n) is 2.49. The van der Waals surface area contributed by atoms with Gasteiger partial charge in [-0.25, -0.2) is 9.78 Å². The van der Waals surface area contributed by atoms with E-state index >= 15 is 0 Å². The average molecular weight is 289 g/mol. The highest BCUT2D eigenvalue weighted by Gasteiger charge is 2.42. The Labute approximate surface area is 115 Å². The summed E-state index contributed by atoms with van der Waals surface area (Å²) in [6.45, 7) is 2.16. The Morgan fingerprint density at radius 3 is 2.78 bits per heavy atom. The molecule has 1 aliphatic carbocycles. The summed E-state index contributed by atoms with van der Waals surface area (Å²) < 4.78 is 0. The van der Waals surface area contributed by atoms with Gasteiger partial charge in [0, 0.05) is 5.38 Å². The number of rotatable bonds is 4. The Kier molecular flexibility index (Phi) is 4.12. The van der Waals surface area contributed by atoms with Crippen LogP contribution in [0.4, 0.5) is 5.13 Å². The number of aliphatic carboxylic acids is 1. The van der Waals surface area contributed by atoms with Crippen LogP contribution in [0.2, 0.25) is 5.15 Å². The van der Waals surface area contributed by atoms with Crippen molar-refractivity contribution in [3.8, 4) is 0 Å². The molecule has 1 aromatic rings. The first-order valence-corrected chi connectivity index (χ1v) is 7.44. The molecule has 1 heterocycles. The van der Waals surface area contributed by atoms with E-state index in [1.165, 1.54) is 11.3 Å². The minimum absolute atomic E-state index is 0.408. The standard InChI is InChI=1S/C12H17ClN2O2S/c1-2-8-3-5-12(6-4-8,10(16)17)15-11-14-9(13)7-18-11/h7-8H,2-6H2,1H3,(H,14,15)(H,16,17). The van der Waals surface area contributed by atoms with Crippen molar-refractivity contribution in [2.24, 2.45) is 5.92 Å². The van der Waals surface area contributed by atoms with Gasteiger partial charge in [-0.1, -0.05) is 24.9 Å². The van der Waals surface area contributed by atoms with Crippen molar-refractivity contribution in [1.29, 1.82) is 0 Å². The monoisotopic (exact) mass is 288 g/mol. The van der Waals surface area contributed by atoms with Crippen molar-refractivity contribution < 1.29 is 9.90 Å². The highest BCUT2D eigenvalue weighted by Crippen LogP contribution is 2.37. The van der Waals surface area contributed by atoms with Crippen LogP contribution in [0.3, 0.4) is 0 Å². The van der Waals surface area contributed by atoms with Crippen molar-refractivity contribution in [3.63, 3.8) is 0 Å². The molecule has 100 valence electrons. The predicted octanol–water partition coefficient (Wildman–Crippen LogP) is 3.63. The van der Waals surface area contributed by atoms with E-state index in [9.17, 15) is 9.90 Å². The summed E-state index contributed by atoms with van der Waals surface area (Å²) in [5, 5.41) is 15.3. The van der Waals surface area contributed by atoms with Gasteiger partial charge in [-0.05, 0) is 31.6 Å². The fraction of sp³-hybridized carbons (Fsp3) is 0.667. The Morgan fingerprint density at radius 1 is 1.67 bits per heavy atom. The molecule has 1 fully saturated rings. The molecule has 6 heteroatoms. The maximum Gasteiger partial charge on any atom is 0.329 e. The lowest BCUT2D eigenvalue weighted by molar-refractivity contribution is -0.143. The van der Waals surface area contributed by atoms with Crippen molar-refractivity contribution in [2.45, 2.75) is 44.6 Å². The molecule has 1 aromatic heterocycles. The molecule has 18 heavy (non-hydrogen) atoms. The summed E-state index contributed by atoms with van der Waals surface area (Å²) in [5.74, 6) is -0.137. The largest absolute Gasteiger partial charge is 0.480 e. The first kappa shape index (κ1) is 13.6. The number of nitrogens with one attached hydrogen (secondary N) is 1. The molecule has 0 saturated heterocycles. The third kappa shape index (κ3) is 2.78. The van der Waals surface area contributed by atoms with Gasteiger partial charge in [-0.15, -0.1) is 11.3 Å². The lowest BCUT2D eigenvalue weighted by atomic mass is 9.75. The van der Waals surface area contributed by atoms with E-state index < -0.39 is 11.5 Å². The fourth-order valence-corrected chi connectivity index (χ4v) is 3.42. The van der Waals surface area contributed by atoms with E-state index in [-0.39, 0.29) is 0 Å². The molecule has 0 aliphatic heterocycles. The van der Waals surface area contributed by atoms with Gasteiger partial charge in [0.1, 0.15) is 10.7 Å². The van der Waals surface area contributed by atoms with Crippen LogP contribution in [0.15, 0.2) is 5.38 Å². The molecule has 0 aromatic carbocycles. The van der Waals surface area contributed by atoms with E-state index in [0.717, 1.165) is 19.3 Å². The minimum Gasteiger partial charge on any atom is -0.480 e. The normalized spacial score (nSPS) is 28.0. The predicted molar refractivity (Wildman–Crippen MR) is 73.4 cm³/mol. The van der Waals surface area contributed by atoms with Crippen LogP contribution >= 0.6 is 22.9 Å². The van der Waals surface area contributed by atoms with Gasteiger partial charge in [0.25, 0.3) is 0 Å². The molecule has 2 rings (SSSR count). The number of hydrogen-bond donors (Lipinski definition) is 2. The zero-order chi connectivity index (χ0) is 13.2. The summed E-state index contributed by atoms with van der Waals surface area (Å²) >= 11 is 7.11. The summed E-state index contributed by atoms with van der Waals surface area (Å²) in [7, 11) is 0. The summed E-state index contributed by atoms with van der Waals surface area (Å²) in [6, 6.07) is 0. The van der Waals surface area contributed by atoms with Gasteiger partial charge in [0.15, 0.2) is 5.13 Å². The molecule has 0 bridgehead atoms. The second kappa shape index (κ2) is 5.45. The van der Waals surface area contributed by atoms with Crippen LogP contribution in [0.5, 0.6) is 0 Å². The van der Waals surface area contributed by atoms with Gasteiger partial charge in [0.05, 0.1) is 0 Å². The molecule has 1 saturated carbocycles. The third-order valence-corrected chi connectivity index (χ3v) is 4.85. The number of anilines is 1. The summed E-state index contributed by atoms with van der Waals surface area (Å²) in [6.07, 6.45) is 4.33. The molecular formula is C12H17ClN2O2S. The van der Waals surface area contributed by atoms with E-state index in [2.05, 4.69) is 17.2 Å². The van der Waals surface area contributed by atoms with Crippen LogP contribution in [-0.4, -0.2) is 21.6 Å². The number of hydrogen-bond acceptors (Lipinski definition) is 4. The van der Waals surface area contributed by atoms with E-state index in [4.69, 9.17) is 11.6 Å². The SMILES string of the molecule is CCC1CCC(Nc2nc(Cl)cs2)(C(=O)O)CC1. The number of aromatic nitrogens is 1. The Hall–Kier alpha value is -0.810. The minimum atomic E-state index is -0.868. The van der Waals surface area contributed by atoms with Crippen LogP contribution < -0.4 is 5.32 Å². The van der Waals surface area contributed by atoms with E-state index in [0.29, 0.717) is 29.0 Å². The molecule has 0 atom stereocenters. The first-order chi connectivity index (χ1) is 8.55. The number of carboxylic acids is 1. The van der Waals surface area contributed by atoms with Crippen LogP contribution in [-0.2, 0) is 4.79 Å². The van der Waals surface area contributed by atoms with Crippen molar-refractivity contribution in [3.05, 3.63) is 10.5 Å². The number of carboxylic acid groups (broad SMARTS) is 1. The second-order valence-electron chi connectivity index (χ2n) is 4.84. The van der Waals surface area contributed by atoms with Crippen LogP contribution in [0, 0.1) is 5.92 Å². The van der Waals surface area contributed by atoms with E-state index in [1.807, 2.05) is 0 Å².